The molecule has 0 saturated heterocycles. The lowest BCUT2D eigenvalue weighted by Gasteiger charge is -2.24. The molecular formula is C23H42O6. The van der Waals surface area contributed by atoms with Crippen LogP contribution < -0.4 is 0 Å². The summed E-state index contributed by atoms with van der Waals surface area (Å²) in [5, 5.41) is 0. The number of esters is 3. The largest absolute Gasteiger partial charge is 0.466 e. The van der Waals surface area contributed by atoms with Crippen LogP contribution in [0.25, 0.3) is 0 Å². The number of ether oxygens (including phenoxy) is 3. The van der Waals surface area contributed by atoms with Crippen LogP contribution in [0.1, 0.15) is 111 Å². The zero-order chi connectivity index (χ0) is 21.9. The molecule has 0 bridgehead atoms. The van der Waals surface area contributed by atoms with Crippen LogP contribution in [0.4, 0.5) is 0 Å². The van der Waals surface area contributed by atoms with E-state index in [-0.39, 0.29) is 0 Å². The van der Waals surface area contributed by atoms with Crippen LogP contribution in [-0.2, 0) is 28.6 Å². The molecule has 6 nitrogen and oxygen atoms in total. The van der Waals surface area contributed by atoms with E-state index >= 15 is 0 Å². The fourth-order valence-electron chi connectivity index (χ4n) is 3.42. The molecule has 0 rings (SSSR count). The Labute approximate surface area is 177 Å². The first-order valence-corrected chi connectivity index (χ1v) is 11.3. The lowest BCUT2D eigenvalue weighted by atomic mass is 10.0. The molecule has 0 amide bonds. The van der Waals surface area contributed by atoms with E-state index in [0.717, 1.165) is 19.3 Å². The zero-order valence-electron chi connectivity index (χ0n) is 19.0. The summed E-state index contributed by atoms with van der Waals surface area (Å²) in [7, 11) is 1.22. The minimum atomic E-state index is -1.21. The zero-order valence-corrected chi connectivity index (χ0v) is 19.0. The summed E-state index contributed by atoms with van der Waals surface area (Å²) in [5.41, 5.74) is 0. The number of carbonyl (C=O) groups is 3. The van der Waals surface area contributed by atoms with Gasteiger partial charge >= 0.3 is 17.9 Å². The van der Waals surface area contributed by atoms with Gasteiger partial charge in [0.2, 0.25) is 6.10 Å². The van der Waals surface area contributed by atoms with Crippen molar-refractivity contribution in [3.05, 3.63) is 0 Å². The number of unbranched alkanes of at least 4 members (excludes halogenated alkanes) is 12. The smallest absolute Gasteiger partial charge is 0.351 e. The second-order valence-corrected chi connectivity index (χ2v) is 7.73. The van der Waals surface area contributed by atoms with E-state index < -0.39 is 30.1 Å². The summed E-state index contributed by atoms with van der Waals surface area (Å²) < 4.78 is 15.0. The summed E-state index contributed by atoms with van der Waals surface area (Å²) in [4.78, 5) is 34.6. The van der Waals surface area contributed by atoms with Crippen LogP contribution in [0, 0.1) is 0 Å². The summed E-state index contributed by atoms with van der Waals surface area (Å²) in [6, 6.07) is 0. The molecule has 29 heavy (non-hydrogen) atoms. The molecule has 0 aliphatic rings. The highest BCUT2D eigenvalue weighted by molar-refractivity contribution is 5.79. The number of methoxy groups -OCH3 is 1. The van der Waals surface area contributed by atoms with Gasteiger partial charge in [0, 0.05) is 13.8 Å². The van der Waals surface area contributed by atoms with E-state index in [0.29, 0.717) is 6.42 Å². The Bertz CT molecular complexity index is 449. The van der Waals surface area contributed by atoms with Crippen molar-refractivity contribution in [1.82, 2.24) is 0 Å². The van der Waals surface area contributed by atoms with Gasteiger partial charge in [-0.2, -0.15) is 0 Å². The Morgan fingerprint density at radius 2 is 1.07 bits per heavy atom. The molecule has 0 fully saturated rings. The van der Waals surface area contributed by atoms with Crippen molar-refractivity contribution in [2.24, 2.45) is 0 Å². The van der Waals surface area contributed by atoms with E-state index in [2.05, 4.69) is 11.7 Å². The van der Waals surface area contributed by atoms with Crippen LogP contribution in [-0.4, -0.2) is 37.2 Å². The topological polar surface area (TPSA) is 78.9 Å². The van der Waals surface area contributed by atoms with Gasteiger partial charge in [-0.05, 0) is 12.8 Å². The Morgan fingerprint density at radius 3 is 1.45 bits per heavy atom. The van der Waals surface area contributed by atoms with Crippen molar-refractivity contribution >= 4 is 17.9 Å². The second kappa shape index (κ2) is 18.4. The number of carbonyl (C=O) groups excluding carboxylic acids is 3. The Hall–Kier alpha value is -1.59. The predicted molar refractivity (Wildman–Crippen MR) is 113 cm³/mol. The van der Waals surface area contributed by atoms with E-state index in [4.69, 9.17) is 9.47 Å². The third-order valence-corrected chi connectivity index (χ3v) is 4.97. The average molecular weight is 415 g/mol. The average Bonchev–Trinajstić information content (AvgIpc) is 2.67. The predicted octanol–water partition coefficient (Wildman–Crippen LogP) is 5.50. The van der Waals surface area contributed by atoms with Gasteiger partial charge in [-0.1, -0.05) is 84.0 Å². The first-order valence-electron chi connectivity index (χ1n) is 11.3. The van der Waals surface area contributed by atoms with E-state index in [1.165, 1.54) is 85.2 Å². The van der Waals surface area contributed by atoms with Gasteiger partial charge in [0.25, 0.3) is 0 Å². The van der Waals surface area contributed by atoms with E-state index in [1.807, 2.05) is 0 Å². The SMILES string of the molecule is CCCCCCCCCCCCCCCC(OC(C)=O)C(OC(C)=O)C(=O)OC. The van der Waals surface area contributed by atoms with Gasteiger partial charge in [-0.15, -0.1) is 0 Å². The first kappa shape index (κ1) is 27.4. The number of rotatable bonds is 18. The standard InChI is InChI=1S/C23H42O6/c1-5-6-7-8-9-10-11-12-13-14-15-16-17-18-21(28-19(2)24)22(23(26)27-4)29-20(3)25/h21-22H,5-18H2,1-4H3. The third kappa shape index (κ3) is 16.0. The number of hydrogen-bond acceptors (Lipinski definition) is 6. The molecule has 0 aromatic carbocycles. The first-order chi connectivity index (χ1) is 13.9. The third-order valence-electron chi connectivity index (χ3n) is 4.97. The molecule has 0 N–H and O–H groups in total. The Morgan fingerprint density at radius 1 is 0.655 bits per heavy atom. The molecule has 0 heterocycles. The van der Waals surface area contributed by atoms with Gasteiger partial charge in [-0.3, -0.25) is 9.59 Å². The molecule has 0 aliphatic carbocycles. The van der Waals surface area contributed by atoms with Crippen LogP contribution >= 0.6 is 0 Å². The van der Waals surface area contributed by atoms with Crippen LogP contribution in [0.15, 0.2) is 0 Å². The van der Waals surface area contributed by atoms with Gasteiger partial charge < -0.3 is 14.2 Å². The summed E-state index contributed by atoms with van der Waals surface area (Å²) >= 11 is 0. The van der Waals surface area contributed by atoms with Crippen molar-refractivity contribution in [2.75, 3.05) is 7.11 Å². The fraction of sp³-hybridized carbons (Fsp3) is 0.870. The highest BCUT2D eigenvalue weighted by Gasteiger charge is 2.34. The molecule has 0 spiro atoms. The highest BCUT2D eigenvalue weighted by Crippen LogP contribution is 2.17. The minimum absolute atomic E-state index is 0.463. The molecule has 2 atom stereocenters. The van der Waals surface area contributed by atoms with Crippen molar-refractivity contribution < 1.29 is 28.6 Å². The maximum atomic E-state index is 11.9. The van der Waals surface area contributed by atoms with E-state index in [1.54, 1.807) is 0 Å². The molecule has 0 radical (unpaired) electrons. The molecule has 170 valence electrons. The van der Waals surface area contributed by atoms with Crippen molar-refractivity contribution in [3.63, 3.8) is 0 Å². The van der Waals surface area contributed by atoms with Gasteiger partial charge in [0.05, 0.1) is 7.11 Å². The molecule has 0 saturated carbocycles. The van der Waals surface area contributed by atoms with Crippen LogP contribution in [0.2, 0.25) is 0 Å². The molecule has 2 unspecified atom stereocenters. The fourth-order valence-corrected chi connectivity index (χ4v) is 3.42. The Balaban J connectivity index is 4.00. The number of hydrogen-bond donors (Lipinski definition) is 0. The highest BCUT2D eigenvalue weighted by atomic mass is 16.6. The van der Waals surface area contributed by atoms with Crippen LogP contribution in [0.3, 0.4) is 0 Å². The molecule has 0 aromatic rings. The lowest BCUT2D eigenvalue weighted by molar-refractivity contribution is -0.179. The second-order valence-electron chi connectivity index (χ2n) is 7.73. The molecule has 0 aromatic heterocycles. The monoisotopic (exact) mass is 414 g/mol. The van der Waals surface area contributed by atoms with Gasteiger partial charge in [-0.25, -0.2) is 4.79 Å². The quantitative estimate of drug-likeness (QED) is 0.167. The van der Waals surface area contributed by atoms with Gasteiger partial charge in [0.15, 0.2) is 0 Å². The van der Waals surface area contributed by atoms with Crippen molar-refractivity contribution in [1.29, 1.82) is 0 Å². The van der Waals surface area contributed by atoms with Crippen molar-refractivity contribution in [3.8, 4) is 0 Å². The molecule has 6 heteroatoms. The maximum Gasteiger partial charge on any atom is 0.351 e. The molecule has 0 aliphatic heterocycles. The maximum absolute atomic E-state index is 11.9. The summed E-state index contributed by atoms with van der Waals surface area (Å²) in [5.74, 6) is -1.82. The summed E-state index contributed by atoms with van der Waals surface area (Å²) in [6.07, 6.45) is 14.5. The van der Waals surface area contributed by atoms with Gasteiger partial charge in [0.1, 0.15) is 6.10 Å². The molecular weight excluding hydrogens is 372 g/mol. The van der Waals surface area contributed by atoms with E-state index in [9.17, 15) is 14.4 Å². The lowest BCUT2D eigenvalue weighted by Crippen LogP contribution is -2.41. The summed E-state index contributed by atoms with van der Waals surface area (Å²) in [6.45, 7) is 4.73. The minimum Gasteiger partial charge on any atom is -0.466 e. The normalized spacial score (nSPS) is 12.8. The van der Waals surface area contributed by atoms with Crippen molar-refractivity contribution in [2.45, 2.75) is 123 Å². The Kier molecular flexibility index (Phi) is 17.4. The van der Waals surface area contributed by atoms with Crippen LogP contribution in [0.5, 0.6) is 0 Å².